The molecule has 3 aromatic carbocycles. The summed E-state index contributed by atoms with van der Waals surface area (Å²) < 4.78 is 17.7. The Morgan fingerprint density at radius 2 is 1.51 bits per heavy atom. The molecule has 7 heteroatoms. The van der Waals surface area contributed by atoms with Gasteiger partial charge < -0.3 is 14.2 Å². The Kier molecular flexibility index (Phi) is 11.1. The molecule has 2 aliphatic heterocycles. The number of morpholine rings is 1. The van der Waals surface area contributed by atoms with Crippen molar-refractivity contribution in [3.63, 3.8) is 0 Å². The van der Waals surface area contributed by atoms with Gasteiger partial charge >= 0.3 is 0 Å². The zero-order valence-electron chi connectivity index (χ0n) is 21.6. The topological polar surface area (TPSA) is 34.2 Å². The van der Waals surface area contributed by atoms with Crippen LogP contribution in [0.25, 0.3) is 0 Å². The largest absolute Gasteiger partial charge is 0.496 e. The summed E-state index contributed by atoms with van der Waals surface area (Å²) >= 11 is 0. The number of rotatable bonds is 8. The van der Waals surface area contributed by atoms with E-state index in [0.29, 0.717) is 18.7 Å². The second kappa shape index (κ2) is 14.0. The van der Waals surface area contributed by atoms with Gasteiger partial charge in [-0.1, -0.05) is 66.7 Å². The Morgan fingerprint density at radius 1 is 0.865 bits per heavy atom. The monoisotopic (exact) mass is 544 g/mol. The summed E-state index contributed by atoms with van der Waals surface area (Å²) in [4.78, 5) is 5.27. The van der Waals surface area contributed by atoms with Crippen molar-refractivity contribution in [1.82, 2.24) is 9.80 Å². The molecular formula is C30H38Cl2N2O3. The summed E-state index contributed by atoms with van der Waals surface area (Å²) in [6, 6.07) is 28.7. The second-order valence-electron chi connectivity index (χ2n) is 9.40. The van der Waals surface area contributed by atoms with E-state index < -0.39 is 0 Å². The van der Waals surface area contributed by atoms with Crippen molar-refractivity contribution in [3.05, 3.63) is 95.6 Å². The fraction of sp³-hybridized carbons (Fsp3) is 0.400. The van der Waals surface area contributed by atoms with Gasteiger partial charge in [-0.15, -0.1) is 24.8 Å². The van der Waals surface area contributed by atoms with Gasteiger partial charge in [-0.2, -0.15) is 0 Å². The second-order valence-corrected chi connectivity index (χ2v) is 9.40. The average Bonchev–Trinajstić information content (AvgIpc) is 2.91. The SMILES string of the molecule is CCOc1cccc(OC)c1CN1C[C@@H]2COCCN2[C@H](C(c2ccccc2)c2ccccc2)C1.Cl.Cl. The highest BCUT2D eigenvalue weighted by Gasteiger charge is 2.41. The van der Waals surface area contributed by atoms with Crippen LogP contribution in [0.3, 0.4) is 0 Å². The summed E-state index contributed by atoms with van der Waals surface area (Å²) in [5, 5.41) is 0. The standard InChI is InChI=1S/C30H36N2O3.2ClH/c1-3-35-29-16-10-15-28(33-2)26(29)20-31-19-25-22-34-18-17-32(25)27(21-31)30(23-11-6-4-7-12-23)24-13-8-5-9-14-24;;/h4-16,25,27,30H,3,17-22H2,1-2H3;2*1H/t25-,27+;;/m1../s1. The van der Waals surface area contributed by atoms with E-state index in [1.54, 1.807) is 7.11 Å². The molecule has 0 saturated carbocycles. The summed E-state index contributed by atoms with van der Waals surface area (Å²) in [6.07, 6.45) is 0. The maximum Gasteiger partial charge on any atom is 0.127 e. The molecule has 3 aromatic rings. The molecule has 2 saturated heterocycles. The van der Waals surface area contributed by atoms with Crippen LogP contribution in [0.2, 0.25) is 0 Å². The summed E-state index contributed by atoms with van der Waals surface area (Å²) in [5.41, 5.74) is 3.85. The van der Waals surface area contributed by atoms with Gasteiger partial charge in [-0.05, 0) is 30.2 Å². The van der Waals surface area contributed by atoms with Crippen molar-refractivity contribution >= 4 is 24.8 Å². The number of piperazine rings is 1. The third-order valence-corrected chi connectivity index (χ3v) is 7.31. The first-order valence-corrected chi connectivity index (χ1v) is 12.7. The number of benzene rings is 3. The number of hydrogen-bond donors (Lipinski definition) is 0. The van der Waals surface area contributed by atoms with Gasteiger partial charge in [0, 0.05) is 44.2 Å². The first kappa shape index (κ1) is 29.3. The Labute approximate surface area is 233 Å². The van der Waals surface area contributed by atoms with Crippen molar-refractivity contribution in [1.29, 1.82) is 0 Å². The Balaban J connectivity index is 0.00000190. The quantitative estimate of drug-likeness (QED) is 0.365. The number of nitrogens with zero attached hydrogens (tertiary/aromatic N) is 2. The lowest BCUT2D eigenvalue weighted by Gasteiger charge is -2.51. The lowest BCUT2D eigenvalue weighted by atomic mass is 9.82. The molecule has 2 atom stereocenters. The third-order valence-electron chi connectivity index (χ3n) is 7.31. The highest BCUT2D eigenvalue weighted by molar-refractivity contribution is 5.85. The number of hydrogen-bond acceptors (Lipinski definition) is 5. The number of ether oxygens (including phenoxy) is 3. The van der Waals surface area contributed by atoms with Crippen molar-refractivity contribution in [2.24, 2.45) is 0 Å². The van der Waals surface area contributed by atoms with Crippen LogP contribution in [0.5, 0.6) is 11.5 Å². The molecule has 0 amide bonds. The van der Waals surface area contributed by atoms with E-state index in [-0.39, 0.29) is 30.7 Å². The number of methoxy groups -OCH3 is 1. The van der Waals surface area contributed by atoms with Crippen LogP contribution in [0.1, 0.15) is 29.5 Å². The normalized spacial score (nSPS) is 19.9. The summed E-state index contributed by atoms with van der Waals surface area (Å²) in [5.74, 6) is 2.08. The fourth-order valence-electron chi connectivity index (χ4n) is 5.79. The van der Waals surface area contributed by atoms with E-state index in [1.807, 2.05) is 19.1 Å². The maximum absolute atomic E-state index is 6.00. The molecule has 0 bridgehead atoms. The highest BCUT2D eigenvalue weighted by Crippen LogP contribution is 2.37. The Bertz CT molecular complexity index is 1050. The molecule has 2 aliphatic rings. The smallest absolute Gasteiger partial charge is 0.127 e. The molecule has 37 heavy (non-hydrogen) atoms. The first-order valence-electron chi connectivity index (χ1n) is 12.7. The zero-order valence-corrected chi connectivity index (χ0v) is 23.3. The molecule has 0 radical (unpaired) electrons. The predicted molar refractivity (Wildman–Crippen MR) is 154 cm³/mol. The Hall–Kier alpha value is -2.28. The van der Waals surface area contributed by atoms with Gasteiger partial charge in [0.1, 0.15) is 11.5 Å². The van der Waals surface area contributed by atoms with Crippen molar-refractivity contribution in [2.45, 2.75) is 31.5 Å². The van der Waals surface area contributed by atoms with Gasteiger partial charge in [0.15, 0.2) is 0 Å². The minimum atomic E-state index is 0. The molecule has 200 valence electrons. The fourth-order valence-corrected chi connectivity index (χ4v) is 5.79. The molecule has 0 aromatic heterocycles. The van der Waals surface area contributed by atoms with E-state index in [9.17, 15) is 0 Å². The molecular weight excluding hydrogens is 507 g/mol. The molecule has 0 N–H and O–H groups in total. The van der Waals surface area contributed by atoms with Gasteiger partial charge in [-0.25, -0.2) is 0 Å². The van der Waals surface area contributed by atoms with E-state index in [2.05, 4.69) is 76.5 Å². The van der Waals surface area contributed by atoms with E-state index in [1.165, 1.54) is 11.1 Å². The van der Waals surface area contributed by atoms with Crippen molar-refractivity contribution in [3.8, 4) is 11.5 Å². The van der Waals surface area contributed by atoms with Crippen molar-refractivity contribution < 1.29 is 14.2 Å². The molecule has 2 heterocycles. The van der Waals surface area contributed by atoms with Crippen LogP contribution in [-0.4, -0.2) is 68.4 Å². The third kappa shape index (κ3) is 6.60. The lowest BCUT2D eigenvalue weighted by Crippen LogP contribution is -2.64. The van der Waals surface area contributed by atoms with E-state index in [4.69, 9.17) is 14.2 Å². The van der Waals surface area contributed by atoms with Gasteiger partial charge in [0.05, 0.1) is 32.5 Å². The van der Waals surface area contributed by atoms with Crippen molar-refractivity contribution in [2.75, 3.05) is 46.6 Å². The maximum atomic E-state index is 6.00. The summed E-state index contributed by atoms with van der Waals surface area (Å²) in [7, 11) is 1.74. The highest BCUT2D eigenvalue weighted by atomic mass is 35.5. The number of halogens is 2. The molecule has 0 unspecified atom stereocenters. The summed E-state index contributed by atoms with van der Waals surface area (Å²) in [6.45, 7) is 7.93. The molecule has 5 rings (SSSR count). The van der Waals surface area contributed by atoms with Gasteiger partial charge in [0.25, 0.3) is 0 Å². The van der Waals surface area contributed by atoms with Crippen LogP contribution < -0.4 is 9.47 Å². The van der Waals surface area contributed by atoms with E-state index in [0.717, 1.165) is 56.5 Å². The first-order chi connectivity index (χ1) is 17.3. The van der Waals surface area contributed by atoms with Crippen LogP contribution in [-0.2, 0) is 11.3 Å². The van der Waals surface area contributed by atoms with Crippen LogP contribution in [0.4, 0.5) is 0 Å². The molecule has 0 spiro atoms. The lowest BCUT2D eigenvalue weighted by molar-refractivity contribution is -0.0777. The predicted octanol–water partition coefficient (Wildman–Crippen LogP) is 5.65. The van der Waals surface area contributed by atoms with Crippen LogP contribution >= 0.6 is 24.8 Å². The van der Waals surface area contributed by atoms with E-state index >= 15 is 0 Å². The Morgan fingerprint density at radius 3 is 2.14 bits per heavy atom. The molecule has 5 nitrogen and oxygen atoms in total. The molecule has 0 aliphatic carbocycles. The van der Waals surface area contributed by atoms with Gasteiger partial charge in [-0.3, -0.25) is 9.80 Å². The minimum Gasteiger partial charge on any atom is -0.496 e. The van der Waals surface area contributed by atoms with Crippen LogP contribution in [0, 0.1) is 0 Å². The molecule has 2 fully saturated rings. The van der Waals surface area contributed by atoms with Gasteiger partial charge in [0.2, 0.25) is 0 Å². The van der Waals surface area contributed by atoms with Crippen LogP contribution in [0.15, 0.2) is 78.9 Å². The zero-order chi connectivity index (χ0) is 24.0. The minimum absolute atomic E-state index is 0. The number of fused-ring (bicyclic) bond motifs is 1. The average molecular weight is 546 g/mol.